The number of nitrogens with one attached hydrogen (secondary N) is 3. The number of hydrogen-bond acceptors (Lipinski definition) is 3. The number of hydrogen-bond donors (Lipinski definition) is 3. The molecular weight excluding hydrogens is 282 g/mol. The van der Waals surface area contributed by atoms with Gasteiger partial charge in [-0.3, -0.25) is 4.79 Å². The molecule has 1 aromatic carbocycles. The van der Waals surface area contributed by atoms with Gasteiger partial charge in [0.05, 0.1) is 34.9 Å². The molecule has 0 bridgehead atoms. The minimum atomic E-state index is -0.0945. The van der Waals surface area contributed by atoms with E-state index in [0.29, 0.717) is 23.7 Å². The molecule has 1 aromatic heterocycles. The molecule has 0 spiro atoms. The zero-order valence-electron chi connectivity index (χ0n) is 13.6. The number of fused-ring (bicyclic) bond motifs is 1. The van der Waals surface area contributed by atoms with Crippen molar-refractivity contribution in [2.75, 3.05) is 41.4 Å². The van der Waals surface area contributed by atoms with Crippen LogP contribution in [0.25, 0.3) is 10.9 Å². The number of H-pyrrole nitrogens is 1. The number of quaternary nitrogens is 1. The Morgan fingerprint density at radius 3 is 2.50 bits per heavy atom. The minimum Gasteiger partial charge on any atom is -0.493 e. The molecule has 0 radical (unpaired) electrons. The molecule has 120 valence electrons. The first-order valence-corrected chi connectivity index (χ1v) is 7.37. The molecule has 0 fully saturated rings. The van der Waals surface area contributed by atoms with Gasteiger partial charge in [-0.1, -0.05) is 0 Å². The summed E-state index contributed by atoms with van der Waals surface area (Å²) in [6.45, 7) is 1.70. The lowest BCUT2D eigenvalue weighted by Crippen LogP contribution is -3.05. The van der Waals surface area contributed by atoms with Crippen LogP contribution in [0.5, 0.6) is 11.5 Å². The van der Waals surface area contributed by atoms with Crippen molar-refractivity contribution in [1.82, 2.24) is 10.3 Å². The maximum absolute atomic E-state index is 12.2. The molecule has 0 atom stereocenters. The highest BCUT2D eigenvalue weighted by Crippen LogP contribution is 2.32. The van der Waals surface area contributed by atoms with Crippen LogP contribution in [0.4, 0.5) is 0 Å². The van der Waals surface area contributed by atoms with Crippen molar-refractivity contribution in [1.29, 1.82) is 0 Å². The zero-order chi connectivity index (χ0) is 16.1. The molecule has 22 heavy (non-hydrogen) atoms. The molecule has 6 nitrogen and oxygen atoms in total. The fourth-order valence-electron chi connectivity index (χ4n) is 2.32. The Balaban J connectivity index is 2.10. The highest BCUT2D eigenvalue weighted by molar-refractivity contribution is 5.98. The summed E-state index contributed by atoms with van der Waals surface area (Å²) in [5, 5.41) is 3.84. The predicted octanol–water partition coefficient (Wildman–Crippen LogP) is 0.450. The summed E-state index contributed by atoms with van der Waals surface area (Å²) in [6, 6.07) is 5.51. The number of aromatic nitrogens is 1. The summed E-state index contributed by atoms with van der Waals surface area (Å²) in [6.07, 6.45) is 0.954. The number of amides is 1. The van der Waals surface area contributed by atoms with Crippen LogP contribution in [0, 0.1) is 0 Å². The Morgan fingerprint density at radius 1 is 1.18 bits per heavy atom. The van der Waals surface area contributed by atoms with Gasteiger partial charge in [0.25, 0.3) is 5.91 Å². The van der Waals surface area contributed by atoms with Crippen molar-refractivity contribution < 1.29 is 19.2 Å². The Hall–Kier alpha value is -2.21. The van der Waals surface area contributed by atoms with Crippen molar-refractivity contribution in [3.05, 3.63) is 23.9 Å². The second-order valence-corrected chi connectivity index (χ2v) is 5.54. The van der Waals surface area contributed by atoms with E-state index < -0.39 is 0 Å². The third-order valence-electron chi connectivity index (χ3n) is 3.51. The molecule has 0 saturated carbocycles. The Bertz CT molecular complexity index is 608. The molecule has 2 rings (SSSR count). The highest BCUT2D eigenvalue weighted by atomic mass is 16.5. The third-order valence-corrected chi connectivity index (χ3v) is 3.51. The van der Waals surface area contributed by atoms with E-state index in [1.807, 2.05) is 18.2 Å². The van der Waals surface area contributed by atoms with Crippen molar-refractivity contribution in [3.63, 3.8) is 0 Å². The van der Waals surface area contributed by atoms with Crippen LogP contribution < -0.4 is 19.7 Å². The molecule has 1 amide bonds. The number of ether oxygens (including phenoxy) is 2. The number of aromatic amines is 1. The van der Waals surface area contributed by atoms with Gasteiger partial charge < -0.3 is 24.7 Å². The molecule has 0 aliphatic carbocycles. The lowest BCUT2D eigenvalue weighted by Gasteiger charge is -2.07. The van der Waals surface area contributed by atoms with Gasteiger partial charge in [-0.15, -0.1) is 0 Å². The van der Waals surface area contributed by atoms with E-state index in [1.54, 1.807) is 14.2 Å². The van der Waals surface area contributed by atoms with E-state index in [1.165, 1.54) is 4.90 Å². The summed E-state index contributed by atoms with van der Waals surface area (Å²) in [5.41, 5.74) is 1.39. The van der Waals surface area contributed by atoms with E-state index in [9.17, 15) is 4.79 Å². The van der Waals surface area contributed by atoms with Crippen LogP contribution in [-0.4, -0.2) is 52.3 Å². The fraction of sp³-hybridized carbons (Fsp3) is 0.438. The van der Waals surface area contributed by atoms with Gasteiger partial charge >= 0.3 is 0 Å². The number of carbonyl (C=O) groups excluding carboxylic acids is 1. The lowest BCUT2D eigenvalue weighted by molar-refractivity contribution is -0.858. The number of benzene rings is 1. The van der Waals surface area contributed by atoms with Gasteiger partial charge in [-0.2, -0.15) is 0 Å². The average Bonchev–Trinajstić information content (AvgIpc) is 2.92. The Morgan fingerprint density at radius 2 is 1.86 bits per heavy atom. The van der Waals surface area contributed by atoms with E-state index in [2.05, 4.69) is 24.4 Å². The van der Waals surface area contributed by atoms with Crippen LogP contribution in [0.2, 0.25) is 0 Å². The lowest BCUT2D eigenvalue weighted by atomic mass is 10.2. The van der Waals surface area contributed by atoms with Crippen LogP contribution in [0.15, 0.2) is 18.2 Å². The standard InChI is InChI=1S/C16H23N3O3/c1-19(2)7-5-6-17-16(20)13-8-11-9-14(21-3)15(22-4)10-12(11)18-13/h8-10,18H,5-7H2,1-4H3,(H,17,20)/p+1. The van der Waals surface area contributed by atoms with Crippen molar-refractivity contribution >= 4 is 16.8 Å². The SMILES string of the molecule is COc1cc2cc(C(=O)NCCC[NH+](C)C)[nH]c2cc1OC. The van der Waals surface area contributed by atoms with E-state index in [0.717, 1.165) is 23.9 Å². The van der Waals surface area contributed by atoms with E-state index >= 15 is 0 Å². The first-order chi connectivity index (χ1) is 10.5. The molecule has 6 heteroatoms. The van der Waals surface area contributed by atoms with E-state index in [-0.39, 0.29) is 5.91 Å². The first-order valence-electron chi connectivity index (χ1n) is 7.37. The quantitative estimate of drug-likeness (QED) is 0.651. The second-order valence-electron chi connectivity index (χ2n) is 5.54. The van der Waals surface area contributed by atoms with Crippen molar-refractivity contribution in [3.8, 4) is 11.5 Å². The maximum atomic E-state index is 12.2. The first kappa shape index (κ1) is 16.2. The monoisotopic (exact) mass is 306 g/mol. The largest absolute Gasteiger partial charge is 0.493 e. The summed E-state index contributed by atoms with van der Waals surface area (Å²) in [4.78, 5) is 16.6. The van der Waals surface area contributed by atoms with Gasteiger partial charge in [0, 0.05) is 29.9 Å². The third kappa shape index (κ3) is 3.71. The van der Waals surface area contributed by atoms with Crippen LogP contribution >= 0.6 is 0 Å². The highest BCUT2D eigenvalue weighted by Gasteiger charge is 2.12. The molecule has 0 unspecified atom stereocenters. The average molecular weight is 306 g/mol. The summed E-state index contributed by atoms with van der Waals surface area (Å²) < 4.78 is 10.5. The minimum absolute atomic E-state index is 0.0945. The molecule has 0 saturated heterocycles. The van der Waals surface area contributed by atoms with Gasteiger partial charge in [-0.25, -0.2) is 0 Å². The van der Waals surface area contributed by atoms with Crippen molar-refractivity contribution in [2.45, 2.75) is 6.42 Å². The molecule has 1 heterocycles. The second kappa shape index (κ2) is 7.17. The van der Waals surface area contributed by atoms with Crippen LogP contribution in [0.1, 0.15) is 16.9 Å². The normalized spacial score (nSPS) is 11.0. The number of rotatable bonds is 7. The van der Waals surface area contributed by atoms with E-state index in [4.69, 9.17) is 9.47 Å². The molecule has 0 aliphatic rings. The summed E-state index contributed by atoms with van der Waals surface area (Å²) in [5.74, 6) is 1.19. The van der Waals surface area contributed by atoms with Gasteiger partial charge in [0.1, 0.15) is 5.69 Å². The smallest absolute Gasteiger partial charge is 0.267 e. The van der Waals surface area contributed by atoms with Gasteiger partial charge in [0.15, 0.2) is 11.5 Å². The Labute approximate surface area is 130 Å². The van der Waals surface area contributed by atoms with Crippen LogP contribution in [0.3, 0.4) is 0 Å². The fourth-order valence-corrected chi connectivity index (χ4v) is 2.32. The molecule has 0 aliphatic heterocycles. The summed E-state index contributed by atoms with van der Waals surface area (Å²) in [7, 11) is 7.38. The molecular formula is C16H24N3O3+. The maximum Gasteiger partial charge on any atom is 0.267 e. The molecule has 3 N–H and O–H groups in total. The van der Waals surface area contributed by atoms with Gasteiger partial charge in [-0.05, 0) is 12.1 Å². The Kier molecular flexibility index (Phi) is 5.27. The van der Waals surface area contributed by atoms with Crippen LogP contribution in [-0.2, 0) is 0 Å². The summed E-state index contributed by atoms with van der Waals surface area (Å²) >= 11 is 0. The van der Waals surface area contributed by atoms with Gasteiger partial charge in [0.2, 0.25) is 0 Å². The van der Waals surface area contributed by atoms with Crippen molar-refractivity contribution in [2.24, 2.45) is 0 Å². The molecule has 2 aromatic rings. The number of methoxy groups -OCH3 is 2. The topological polar surface area (TPSA) is 67.8 Å². The zero-order valence-corrected chi connectivity index (χ0v) is 13.6. The predicted molar refractivity (Wildman–Crippen MR) is 86.0 cm³/mol. The number of carbonyl (C=O) groups is 1.